The number of rotatable bonds is 7. The largest absolute Gasteiger partial charge is 0.479 e. The summed E-state index contributed by atoms with van der Waals surface area (Å²) in [6, 6.07) is 11.3. The van der Waals surface area contributed by atoms with Crippen LogP contribution < -0.4 is 9.64 Å². The Hall–Kier alpha value is -3.17. The SMILES string of the molecule is CCC(Oc1ccc(/C=C2\SC(=S)N(c3cc(C(=O)O)ccc3C)C2=O)cc1)C(=O)O. The lowest BCUT2D eigenvalue weighted by molar-refractivity contribution is -0.145. The Bertz CT molecular complexity index is 1090. The second-order valence-electron chi connectivity index (χ2n) is 6.75. The summed E-state index contributed by atoms with van der Waals surface area (Å²) in [5.74, 6) is -2.03. The van der Waals surface area contributed by atoms with E-state index in [0.29, 0.717) is 32.6 Å². The molecule has 2 aromatic rings. The maximum atomic E-state index is 13.0. The smallest absolute Gasteiger partial charge is 0.344 e. The van der Waals surface area contributed by atoms with E-state index < -0.39 is 18.0 Å². The molecule has 2 aromatic carbocycles. The van der Waals surface area contributed by atoms with Gasteiger partial charge >= 0.3 is 11.9 Å². The number of thiocarbonyl (C=S) groups is 1. The first-order valence-electron chi connectivity index (χ1n) is 9.32. The number of carbonyl (C=O) groups is 3. The molecule has 0 aliphatic carbocycles. The summed E-state index contributed by atoms with van der Waals surface area (Å²) < 4.78 is 5.75. The van der Waals surface area contributed by atoms with Gasteiger partial charge in [0, 0.05) is 0 Å². The number of hydrogen-bond acceptors (Lipinski definition) is 6. The molecule has 1 aliphatic rings. The van der Waals surface area contributed by atoms with Crippen molar-refractivity contribution in [1.29, 1.82) is 0 Å². The minimum absolute atomic E-state index is 0.0703. The molecule has 1 heterocycles. The van der Waals surface area contributed by atoms with Crippen molar-refractivity contribution in [3.63, 3.8) is 0 Å². The zero-order chi connectivity index (χ0) is 22.7. The number of benzene rings is 2. The van der Waals surface area contributed by atoms with Crippen molar-refractivity contribution in [3.05, 3.63) is 64.1 Å². The van der Waals surface area contributed by atoms with Gasteiger partial charge in [-0.3, -0.25) is 9.69 Å². The third kappa shape index (κ3) is 4.95. The van der Waals surface area contributed by atoms with Crippen molar-refractivity contribution in [1.82, 2.24) is 0 Å². The summed E-state index contributed by atoms with van der Waals surface area (Å²) in [5, 5.41) is 18.3. The summed E-state index contributed by atoms with van der Waals surface area (Å²) in [7, 11) is 0. The average Bonchev–Trinajstić information content (AvgIpc) is 3.00. The number of nitrogens with zero attached hydrogens (tertiary/aromatic N) is 1. The lowest BCUT2D eigenvalue weighted by Crippen LogP contribution is -2.28. The number of amides is 1. The zero-order valence-corrected chi connectivity index (χ0v) is 18.3. The van der Waals surface area contributed by atoms with E-state index in [1.807, 2.05) is 0 Å². The number of anilines is 1. The quantitative estimate of drug-likeness (QED) is 0.467. The Morgan fingerprint density at radius 3 is 2.45 bits per heavy atom. The van der Waals surface area contributed by atoms with Crippen LogP contribution in [0.3, 0.4) is 0 Å². The molecular formula is C22H19NO6S2. The van der Waals surface area contributed by atoms with E-state index in [-0.39, 0.29) is 11.5 Å². The molecule has 3 rings (SSSR count). The summed E-state index contributed by atoms with van der Waals surface area (Å²) in [4.78, 5) is 37.1. The number of ether oxygens (including phenoxy) is 1. The van der Waals surface area contributed by atoms with Gasteiger partial charge in [0.25, 0.3) is 5.91 Å². The van der Waals surface area contributed by atoms with Crippen LogP contribution in [0.1, 0.15) is 34.8 Å². The highest BCUT2D eigenvalue weighted by atomic mass is 32.2. The van der Waals surface area contributed by atoms with Crippen molar-refractivity contribution in [2.75, 3.05) is 4.90 Å². The minimum atomic E-state index is -1.09. The van der Waals surface area contributed by atoms with Gasteiger partial charge in [0.1, 0.15) is 5.75 Å². The second kappa shape index (κ2) is 9.32. The van der Waals surface area contributed by atoms with Crippen LogP contribution in [0.5, 0.6) is 5.75 Å². The fourth-order valence-electron chi connectivity index (χ4n) is 2.93. The van der Waals surface area contributed by atoms with Crippen LogP contribution in [0.15, 0.2) is 47.4 Å². The topological polar surface area (TPSA) is 104 Å². The number of aryl methyl sites for hydroxylation is 1. The van der Waals surface area contributed by atoms with Crippen molar-refractivity contribution in [2.45, 2.75) is 26.4 Å². The predicted molar refractivity (Wildman–Crippen MR) is 123 cm³/mol. The second-order valence-corrected chi connectivity index (χ2v) is 8.42. The van der Waals surface area contributed by atoms with E-state index >= 15 is 0 Å². The molecule has 0 aromatic heterocycles. The standard InChI is InChI=1S/C22H19NO6S2/c1-3-17(21(27)28)29-15-8-5-13(6-9-15)10-18-19(24)23(22(30)31-18)16-11-14(20(25)26)7-4-12(16)2/h4-11,17H,3H2,1-2H3,(H,25,26)(H,27,28)/b18-10-. The Kier molecular flexibility index (Phi) is 6.77. The first kappa shape index (κ1) is 22.5. The zero-order valence-electron chi connectivity index (χ0n) is 16.7. The van der Waals surface area contributed by atoms with E-state index in [0.717, 1.165) is 17.3 Å². The molecule has 9 heteroatoms. The molecule has 0 spiro atoms. The molecule has 1 saturated heterocycles. The van der Waals surface area contributed by atoms with Crippen LogP contribution in [-0.2, 0) is 9.59 Å². The molecule has 1 amide bonds. The monoisotopic (exact) mass is 457 g/mol. The van der Waals surface area contributed by atoms with Crippen LogP contribution in [0, 0.1) is 6.92 Å². The number of hydrogen-bond donors (Lipinski definition) is 2. The molecule has 0 radical (unpaired) electrons. The van der Waals surface area contributed by atoms with E-state index in [9.17, 15) is 19.5 Å². The fraction of sp³-hybridized carbons (Fsp3) is 0.182. The number of aromatic carboxylic acids is 1. The molecule has 1 fully saturated rings. The summed E-state index contributed by atoms with van der Waals surface area (Å²) in [5.41, 5.74) is 1.95. The first-order valence-corrected chi connectivity index (χ1v) is 10.5. The van der Waals surface area contributed by atoms with Crippen molar-refractivity contribution in [2.24, 2.45) is 0 Å². The van der Waals surface area contributed by atoms with Gasteiger partial charge in [-0.15, -0.1) is 0 Å². The number of aliphatic carboxylic acids is 1. The third-order valence-corrected chi connectivity index (χ3v) is 5.90. The first-order chi connectivity index (χ1) is 14.7. The van der Waals surface area contributed by atoms with Crippen LogP contribution in [0.2, 0.25) is 0 Å². The van der Waals surface area contributed by atoms with E-state index in [1.165, 1.54) is 17.0 Å². The molecule has 1 unspecified atom stereocenters. The molecule has 160 valence electrons. The predicted octanol–water partition coefficient (Wildman–Crippen LogP) is 4.34. The van der Waals surface area contributed by atoms with Crippen molar-refractivity contribution >= 4 is 57.9 Å². The van der Waals surface area contributed by atoms with Gasteiger partial charge in [-0.2, -0.15) is 0 Å². The highest BCUT2D eigenvalue weighted by molar-refractivity contribution is 8.27. The Morgan fingerprint density at radius 1 is 1.19 bits per heavy atom. The van der Waals surface area contributed by atoms with Gasteiger partial charge in [0.2, 0.25) is 0 Å². The number of carboxylic acids is 2. The van der Waals surface area contributed by atoms with E-state index in [4.69, 9.17) is 22.1 Å². The van der Waals surface area contributed by atoms with E-state index in [1.54, 1.807) is 50.3 Å². The van der Waals surface area contributed by atoms with E-state index in [2.05, 4.69) is 0 Å². The van der Waals surface area contributed by atoms with Gasteiger partial charge < -0.3 is 14.9 Å². The van der Waals surface area contributed by atoms with Gasteiger partial charge in [-0.05, 0) is 54.8 Å². The average molecular weight is 458 g/mol. The summed E-state index contributed by atoms with van der Waals surface area (Å²) in [6.45, 7) is 3.51. The molecule has 2 N–H and O–H groups in total. The molecule has 0 saturated carbocycles. The van der Waals surface area contributed by atoms with Crippen LogP contribution in [0.4, 0.5) is 5.69 Å². The molecule has 31 heavy (non-hydrogen) atoms. The summed E-state index contributed by atoms with van der Waals surface area (Å²) >= 11 is 6.50. The fourth-order valence-corrected chi connectivity index (χ4v) is 4.21. The summed E-state index contributed by atoms with van der Waals surface area (Å²) in [6.07, 6.45) is 1.09. The molecule has 1 atom stereocenters. The van der Waals surface area contributed by atoms with Gasteiger partial charge in [0.15, 0.2) is 10.4 Å². The van der Waals surface area contributed by atoms with Gasteiger partial charge in [-0.1, -0.05) is 49.1 Å². The molecule has 0 bridgehead atoms. The Labute approximate surface area is 188 Å². The Morgan fingerprint density at radius 2 is 1.87 bits per heavy atom. The lowest BCUT2D eigenvalue weighted by atomic mass is 10.1. The number of carboxylic acid groups (broad SMARTS) is 2. The van der Waals surface area contributed by atoms with Gasteiger partial charge in [-0.25, -0.2) is 9.59 Å². The lowest BCUT2D eigenvalue weighted by Gasteiger charge is -2.17. The molecule has 7 nitrogen and oxygen atoms in total. The Balaban J connectivity index is 1.83. The van der Waals surface area contributed by atoms with Crippen LogP contribution >= 0.6 is 24.0 Å². The molecule has 1 aliphatic heterocycles. The molecular weight excluding hydrogens is 438 g/mol. The third-order valence-electron chi connectivity index (χ3n) is 4.59. The maximum absolute atomic E-state index is 13.0. The van der Waals surface area contributed by atoms with Crippen molar-refractivity contribution < 1.29 is 29.3 Å². The van der Waals surface area contributed by atoms with Crippen LogP contribution in [0.25, 0.3) is 6.08 Å². The highest BCUT2D eigenvalue weighted by Crippen LogP contribution is 2.37. The van der Waals surface area contributed by atoms with Crippen LogP contribution in [-0.4, -0.2) is 38.5 Å². The van der Waals surface area contributed by atoms with Gasteiger partial charge in [0.05, 0.1) is 16.2 Å². The maximum Gasteiger partial charge on any atom is 0.344 e. The van der Waals surface area contributed by atoms with Crippen molar-refractivity contribution in [3.8, 4) is 5.75 Å². The number of thioether (sulfide) groups is 1. The highest BCUT2D eigenvalue weighted by Gasteiger charge is 2.34. The minimum Gasteiger partial charge on any atom is -0.479 e. The number of carbonyl (C=O) groups excluding carboxylic acids is 1. The normalized spacial score (nSPS) is 15.9.